The summed E-state index contributed by atoms with van der Waals surface area (Å²) in [4.78, 5) is 13.0. The lowest BCUT2D eigenvalue weighted by Crippen LogP contribution is -2.30. The van der Waals surface area contributed by atoms with Crippen molar-refractivity contribution in [2.75, 3.05) is 6.54 Å². The molecule has 1 N–H and O–H groups in total. The molecule has 1 fully saturated rings. The molecule has 112 valence electrons. The third-order valence-corrected chi connectivity index (χ3v) is 4.35. The van der Waals surface area contributed by atoms with Gasteiger partial charge >= 0.3 is 0 Å². The molecule has 3 aromatic rings. The van der Waals surface area contributed by atoms with Gasteiger partial charge in [-0.2, -0.15) is 5.10 Å². The van der Waals surface area contributed by atoms with Gasteiger partial charge < -0.3 is 5.32 Å². The van der Waals surface area contributed by atoms with Gasteiger partial charge in [-0.3, -0.25) is 9.36 Å². The summed E-state index contributed by atoms with van der Waals surface area (Å²) < 4.78 is 3.25. The van der Waals surface area contributed by atoms with Crippen molar-refractivity contribution in [2.24, 2.45) is 0 Å². The Bertz CT molecular complexity index is 878. The Hall–Kier alpha value is -2.11. The highest BCUT2D eigenvalue weighted by Gasteiger charge is 2.24. The molecule has 1 aromatic carbocycles. The first-order chi connectivity index (χ1) is 10.8. The van der Waals surface area contributed by atoms with Crippen LogP contribution in [0.2, 0.25) is 5.02 Å². The number of hydrogen-bond donors (Lipinski definition) is 1. The van der Waals surface area contributed by atoms with E-state index in [0.717, 1.165) is 30.9 Å². The minimum atomic E-state index is -0.139. The van der Waals surface area contributed by atoms with E-state index in [4.69, 9.17) is 11.6 Å². The second kappa shape index (κ2) is 5.26. The third kappa shape index (κ3) is 2.05. The third-order valence-electron chi connectivity index (χ3n) is 4.05. The van der Waals surface area contributed by atoms with Crippen molar-refractivity contribution in [3.8, 4) is 5.69 Å². The second-order valence-electron chi connectivity index (χ2n) is 5.44. The van der Waals surface area contributed by atoms with Gasteiger partial charge in [0.2, 0.25) is 0 Å². The molecule has 22 heavy (non-hydrogen) atoms. The number of nitrogens with zero attached hydrogens (tertiary/aromatic N) is 3. The van der Waals surface area contributed by atoms with Crippen LogP contribution >= 0.6 is 11.6 Å². The van der Waals surface area contributed by atoms with Crippen LogP contribution in [-0.2, 0) is 0 Å². The number of fused-ring (bicyclic) bond motifs is 1. The first-order valence-electron chi connectivity index (χ1n) is 7.34. The Kier molecular flexibility index (Phi) is 3.24. The lowest BCUT2D eigenvalue weighted by atomic mass is 10.2. The molecule has 1 unspecified atom stereocenters. The number of aromatic nitrogens is 3. The van der Waals surface area contributed by atoms with Crippen molar-refractivity contribution in [1.82, 2.24) is 19.5 Å². The van der Waals surface area contributed by atoms with E-state index >= 15 is 0 Å². The summed E-state index contributed by atoms with van der Waals surface area (Å²) in [5.74, 6) is 0.730. The predicted molar refractivity (Wildman–Crippen MR) is 85.8 cm³/mol. The van der Waals surface area contributed by atoms with Crippen LogP contribution in [0.15, 0.2) is 47.4 Å². The van der Waals surface area contributed by atoms with E-state index in [-0.39, 0.29) is 11.6 Å². The van der Waals surface area contributed by atoms with Crippen molar-refractivity contribution in [2.45, 2.75) is 18.9 Å². The highest BCUT2D eigenvalue weighted by atomic mass is 35.5. The van der Waals surface area contributed by atoms with Crippen LogP contribution in [0.25, 0.3) is 11.2 Å². The summed E-state index contributed by atoms with van der Waals surface area (Å²) in [6.07, 6.45) is 3.78. The molecule has 5 nitrogen and oxygen atoms in total. The highest BCUT2D eigenvalue weighted by molar-refractivity contribution is 6.33. The molecule has 3 heterocycles. The number of hydrogen-bond acceptors (Lipinski definition) is 3. The molecule has 6 heteroatoms. The Balaban J connectivity index is 2.06. The van der Waals surface area contributed by atoms with Gasteiger partial charge in [0, 0.05) is 6.20 Å². The lowest BCUT2D eigenvalue weighted by Gasteiger charge is -2.17. The predicted octanol–water partition coefficient (Wildman–Crippen LogP) is 2.56. The van der Waals surface area contributed by atoms with E-state index in [2.05, 4.69) is 10.4 Å². The lowest BCUT2D eigenvalue weighted by molar-refractivity contribution is 0.560. The first kappa shape index (κ1) is 13.5. The number of benzene rings is 1. The largest absolute Gasteiger partial charge is 0.307 e. The van der Waals surface area contributed by atoms with E-state index in [9.17, 15) is 4.79 Å². The average Bonchev–Trinajstić information content (AvgIpc) is 3.18. The van der Waals surface area contributed by atoms with Crippen molar-refractivity contribution < 1.29 is 0 Å². The fourth-order valence-electron chi connectivity index (χ4n) is 3.00. The fourth-order valence-corrected chi connectivity index (χ4v) is 3.23. The quantitative estimate of drug-likeness (QED) is 0.791. The van der Waals surface area contributed by atoms with Crippen molar-refractivity contribution >= 4 is 17.1 Å². The Labute approximate surface area is 132 Å². The molecular weight excluding hydrogens is 300 g/mol. The highest BCUT2D eigenvalue weighted by Crippen LogP contribution is 2.24. The maximum absolute atomic E-state index is 13.0. The van der Waals surface area contributed by atoms with Crippen LogP contribution in [0.4, 0.5) is 0 Å². The Morgan fingerprint density at radius 2 is 2.05 bits per heavy atom. The minimum Gasteiger partial charge on any atom is -0.307 e. The molecule has 0 bridgehead atoms. The molecule has 1 aliphatic rings. The minimum absolute atomic E-state index is 0.0819. The van der Waals surface area contributed by atoms with Gasteiger partial charge in [0.1, 0.15) is 5.52 Å². The summed E-state index contributed by atoms with van der Waals surface area (Å²) >= 11 is 6.16. The molecule has 1 saturated heterocycles. The van der Waals surface area contributed by atoms with Crippen molar-refractivity contribution in [3.63, 3.8) is 0 Å². The van der Waals surface area contributed by atoms with E-state index in [1.54, 1.807) is 21.3 Å². The monoisotopic (exact) mass is 314 g/mol. The zero-order chi connectivity index (χ0) is 15.1. The summed E-state index contributed by atoms with van der Waals surface area (Å²) in [6.45, 7) is 0.944. The molecular formula is C16H15ClN4O. The van der Waals surface area contributed by atoms with Gasteiger partial charge in [0.15, 0.2) is 5.82 Å². The average molecular weight is 315 g/mol. The zero-order valence-electron chi connectivity index (χ0n) is 11.9. The number of para-hydroxylation sites is 1. The van der Waals surface area contributed by atoms with Crippen LogP contribution in [0.1, 0.15) is 24.7 Å². The molecule has 0 radical (unpaired) electrons. The van der Waals surface area contributed by atoms with Gasteiger partial charge in [0.25, 0.3) is 5.56 Å². The molecule has 1 aliphatic heterocycles. The molecule has 0 spiro atoms. The molecule has 0 amide bonds. The topological polar surface area (TPSA) is 51.3 Å². The molecule has 0 saturated carbocycles. The van der Waals surface area contributed by atoms with Crippen LogP contribution in [-0.4, -0.2) is 20.7 Å². The van der Waals surface area contributed by atoms with Crippen molar-refractivity contribution in [1.29, 1.82) is 0 Å². The van der Waals surface area contributed by atoms with Gasteiger partial charge in [-0.15, -0.1) is 0 Å². The smallest absolute Gasteiger partial charge is 0.284 e. The van der Waals surface area contributed by atoms with Gasteiger partial charge in [0.05, 0.1) is 16.8 Å². The zero-order valence-corrected chi connectivity index (χ0v) is 12.6. The Morgan fingerprint density at radius 3 is 2.77 bits per heavy atom. The number of halogens is 1. The SMILES string of the molecule is O=c1c2c(Cl)ccn2nc(C2CCCN2)n1-c1ccccc1. The standard InChI is InChI=1S/C16H15ClN4O/c17-12-8-10-20-14(12)16(22)21(11-5-2-1-3-6-11)15(19-20)13-7-4-9-18-13/h1-3,5-6,8,10,13,18H,4,7,9H2. The number of rotatable bonds is 2. The summed E-state index contributed by atoms with van der Waals surface area (Å²) in [5.41, 5.74) is 1.08. The molecule has 2 aromatic heterocycles. The first-order valence-corrected chi connectivity index (χ1v) is 7.72. The molecule has 4 rings (SSSR count). The maximum atomic E-state index is 13.0. The molecule has 0 aliphatic carbocycles. The van der Waals surface area contributed by atoms with Gasteiger partial charge in [-0.25, -0.2) is 4.52 Å². The van der Waals surface area contributed by atoms with E-state index in [1.807, 2.05) is 30.3 Å². The van der Waals surface area contributed by atoms with Crippen LogP contribution in [0.5, 0.6) is 0 Å². The Morgan fingerprint density at radius 1 is 1.23 bits per heavy atom. The van der Waals surface area contributed by atoms with E-state index < -0.39 is 0 Å². The summed E-state index contributed by atoms with van der Waals surface area (Å²) in [6, 6.07) is 11.4. The fraction of sp³-hybridized carbons (Fsp3) is 0.250. The van der Waals surface area contributed by atoms with E-state index in [0.29, 0.717) is 10.5 Å². The number of nitrogens with one attached hydrogen (secondary N) is 1. The van der Waals surface area contributed by atoms with E-state index in [1.165, 1.54) is 0 Å². The maximum Gasteiger partial charge on any atom is 0.284 e. The van der Waals surface area contributed by atoms with Crippen LogP contribution < -0.4 is 10.9 Å². The van der Waals surface area contributed by atoms with Crippen molar-refractivity contribution in [3.05, 3.63) is 63.8 Å². The summed E-state index contributed by atoms with van der Waals surface area (Å²) in [7, 11) is 0. The van der Waals surface area contributed by atoms with Crippen LogP contribution in [0, 0.1) is 0 Å². The second-order valence-corrected chi connectivity index (χ2v) is 5.85. The molecule has 1 atom stereocenters. The van der Waals surface area contributed by atoms with Crippen LogP contribution in [0.3, 0.4) is 0 Å². The summed E-state index contributed by atoms with van der Waals surface area (Å²) in [5, 5.41) is 8.49. The van der Waals surface area contributed by atoms with Gasteiger partial charge in [-0.1, -0.05) is 29.8 Å². The van der Waals surface area contributed by atoms with Gasteiger partial charge in [-0.05, 0) is 37.6 Å². The normalized spacial score (nSPS) is 18.1.